The molecule has 2 aromatic rings. The molecule has 2 rings (SSSR count). The van der Waals surface area contributed by atoms with Crippen LogP contribution in [0.25, 0.3) is 10.1 Å². The minimum Gasteiger partial charge on any atom is -0.325 e. The molecule has 1 heterocycles. The predicted molar refractivity (Wildman–Crippen MR) is 85.6 cm³/mol. The average molecular weight is 378 g/mol. The van der Waals surface area contributed by atoms with E-state index in [1.54, 1.807) is 18.2 Å². The topological polar surface area (TPSA) is 148 Å². The van der Waals surface area contributed by atoms with Gasteiger partial charge in [0.15, 0.2) is 6.73 Å². The first-order chi connectivity index (χ1) is 10.8. The lowest BCUT2D eigenvalue weighted by molar-refractivity contribution is -0.114. The summed E-state index contributed by atoms with van der Waals surface area (Å²) >= 11 is 1.02. The van der Waals surface area contributed by atoms with E-state index in [0.29, 0.717) is 15.8 Å². The second kappa shape index (κ2) is 7.41. The van der Waals surface area contributed by atoms with E-state index < -0.39 is 25.0 Å². The third-order valence-electron chi connectivity index (χ3n) is 2.65. The van der Waals surface area contributed by atoms with Gasteiger partial charge in [0.2, 0.25) is 5.91 Å². The minimum absolute atomic E-state index is 0.0200. The van der Waals surface area contributed by atoms with Crippen LogP contribution in [0.5, 0.6) is 0 Å². The van der Waals surface area contributed by atoms with Gasteiger partial charge in [-0.2, -0.15) is 4.72 Å². The van der Waals surface area contributed by atoms with Crippen molar-refractivity contribution in [2.24, 2.45) is 5.73 Å². The van der Waals surface area contributed by atoms with E-state index in [1.807, 2.05) is 0 Å². The van der Waals surface area contributed by atoms with E-state index in [1.165, 1.54) is 6.07 Å². The Bertz CT molecular complexity index is 851. The standard InChI is InChI=1S/C11H12N3O6PS2/c12-5-10(15)14-8-1-2-9-7(3-8)4-11(22-9)23(18,19)13-6-20-21(16)17/h1-4,13H,5-6,12H2,(H-,14,15,16,17)/p+1. The number of amides is 1. The molecule has 0 aliphatic rings. The van der Waals surface area contributed by atoms with Gasteiger partial charge < -0.3 is 11.1 Å². The molecular formula is C11H13N3O6PS2+. The third kappa shape index (κ3) is 4.75. The second-order valence-electron chi connectivity index (χ2n) is 4.23. The van der Waals surface area contributed by atoms with Crippen LogP contribution in [-0.4, -0.2) is 32.5 Å². The molecule has 0 saturated carbocycles. The highest BCUT2D eigenvalue weighted by molar-refractivity contribution is 7.91. The molecule has 0 bridgehead atoms. The third-order valence-corrected chi connectivity index (χ3v) is 5.97. The highest BCUT2D eigenvalue weighted by Crippen LogP contribution is 2.31. The molecule has 1 amide bonds. The van der Waals surface area contributed by atoms with Crippen molar-refractivity contribution in [3.05, 3.63) is 24.3 Å². The molecule has 0 aliphatic heterocycles. The van der Waals surface area contributed by atoms with Crippen LogP contribution in [0.2, 0.25) is 0 Å². The number of carbonyl (C=O) groups is 1. The van der Waals surface area contributed by atoms with Crippen molar-refractivity contribution in [3.8, 4) is 0 Å². The zero-order valence-electron chi connectivity index (χ0n) is 11.6. The summed E-state index contributed by atoms with van der Waals surface area (Å²) in [5, 5.41) is 3.20. The molecule has 0 aliphatic carbocycles. The zero-order valence-corrected chi connectivity index (χ0v) is 14.1. The fourth-order valence-electron chi connectivity index (χ4n) is 1.67. The SMILES string of the molecule is NCC(=O)Nc1ccc2sc(S(=O)(=O)NCO[P+](=O)O)cc2c1. The van der Waals surface area contributed by atoms with Crippen LogP contribution < -0.4 is 15.8 Å². The Kier molecular flexibility index (Phi) is 5.76. The van der Waals surface area contributed by atoms with Gasteiger partial charge >= 0.3 is 8.25 Å². The number of fused-ring (bicyclic) bond motifs is 1. The molecule has 0 radical (unpaired) electrons. The van der Waals surface area contributed by atoms with E-state index in [9.17, 15) is 17.8 Å². The lowest BCUT2D eigenvalue weighted by Crippen LogP contribution is -2.24. The molecule has 1 aromatic heterocycles. The molecular weight excluding hydrogens is 365 g/mol. The summed E-state index contributed by atoms with van der Waals surface area (Å²) in [5.74, 6) is -0.357. The smallest absolute Gasteiger partial charge is 0.325 e. The first-order valence-electron chi connectivity index (χ1n) is 6.14. The van der Waals surface area contributed by atoms with Crippen LogP contribution >= 0.6 is 19.6 Å². The summed E-state index contributed by atoms with van der Waals surface area (Å²) in [6.45, 7) is -0.765. The summed E-state index contributed by atoms with van der Waals surface area (Å²) in [5.41, 5.74) is 5.72. The zero-order chi connectivity index (χ0) is 17.0. The Labute approximate surface area is 136 Å². The first kappa shape index (κ1) is 17.9. The van der Waals surface area contributed by atoms with Crippen molar-refractivity contribution in [3.63, 3.8) is 0 Å². The quantitative estimate of drug-likeness (QED) is 0.409. The first-order valence-corrected chi connectivity index (χ1v) is 9.57. The van der Waals surface area contributed by atoms with Crippen molar-refractivity contribution >= 4 is 51.3 Å². The van der Waals surface area contributed by atoms with Crippen molar-refractivity contribution in [1.29, 1.82) is 0 Å². The molecule has 9 nitrogen and oxygen atoms in total. The monoisotopic (exact) mass is 378 g/mol. The summed E-state index contributed by atoms with van der Waals surface area (Å²) in [7, 11) is -6.74. The van der Waals surface area contributed by atoms with Gasteiger partial charge in [-0.25, -0.2) is 8.42 Å². The largest absolute Gasteiger partial charge is 0.696 e. The second-order valence-corrected chi connectivity index (χ2v) is 8.04. The Morgan fingerprint density at radius 1 is 1.39 bits per heavy atom. The number of nitrogens with one attached hydrogen (secondary N) is 2. The molecule has 1 atom stereocenters. The number of anilines is 1. The van der Waals surface area contributed by atoms with Crippen molar-refractivity contribution in [2.75, 3.05) is 18.6 Å². The van der Waals surface area contributed by atoms with Crippen LogP contribution in [0.4, 0.5) is 5.69 Å². The fraction of sp³-hybridized carbons (Fsp3) is 0.182. The summed E-state index contributed by atoms with van der Waals surface area (Å²) in [4.78, 5) is 19.7. The number of rotatable bonds is 7. The van der Waals surface area contributed by atoms with Crippen molar-refractivity contribution < 1.29 is 27.2 Å². The van der Waals surface area contributed by atoms with Gasteiger partial charge in [-0.3, -0.25) is 4.79 Å². The van der Waals surface area contributed by atoms with E-state index in [0.717, 1.165) is 11.3 Å². The molecule has 0 spiro atoms. The number of thiophene rings is 1. The Morgan fingerprint density at radius 2 is 2.13 bits per heavy atom. The maximum atomic E-state index is 12.0. The lowest BCUT2D eigenvalue weighted by Gasteiger charge is -2.02. The van der Waals surface area contributed by atoms with Crippen molar-refractivity contribution in [1.82, 2.24) is 4.72 Å². The normalized spacial score (nSPS) is 12.3. The van der Waals surface area contributed by atoms with Gasteiger partial charge in [0.1, 0.15) is 4.21 Å². The van der Waals surface area contributed by atoms with Crippen LogP contribution in [0, 0.1) is 0 Å². The van der Waals surface area contributed by atoms with Gasteiger partial charge in [-0.05, 0) is 29.7 Å². The molecule has 23 heavy (non-hydrogen) atoms. The van der Waals surface area contributed by atoms with Crippen LogP contribution in [-0.2, 0) is 23.9 Å². The maximum Gasteiger partial charge on any atom is 0.696 e. The van der Waals surface area contributed by atoms with E-state index in [4.69, 9.17) is 10.6 Å². The Hall–Kier alpha value is -1.46. The molecule has 1 unspecified atom stereocenters. The van der Waals surface area contributed by atoms with Gasteiger partial charge in [0.25, 0.3) is 10.0 Å². The van der Waals surface area contributed by atoms with Gasteiger partial charge in [0, 0.05) is 15.0 Å². The number of sulfonamides is 1. The van der Waals surface area contributed by atoms with Gasteiger partial charge in [-0.1, -0.05) is 0 Å². The van der Waals surface area contributed by atoms with E-state index in [2.05, 4.69) is 14.6 Å². The van der Waals surface area contributed by atoms with E-state index in [-0.39, 0.29) is 16.7 Å². The molecule has 0 saturated heterocycles. The molecule has 5 N–H and O–H groups in total. The molecule has 0 fully saturated rings. The average Bonchev–Trinajstić information content (AvgIpc) is 2.90. The fourth-order valence-corrected chi connectivity index (χ4v) is 4.23. The van der Waals surface area contributed by atoms with Crippen LogP contribution in [0.3, 0.4) is 0 Å². The number of hydrogen-bond donors (Lipinski definition) is 4. The highest BCUT2D eigenvalue weighted by Gasteiger charge is 2.20. The summed E-state index contributed by atoms with van der Waals surface area (Å²) in [6.07, 6.45) is 0. The summed E-state index contributed by atoms with van der Waals surface area (Å²) < 4.78 is 41.5. The Balaban J connectivity index is 2.22. The number of hydrogen-bond acceptors (Lipinski definition) is 7. The highest BCUT2D eigenvalue weighted by atomic mass is 32.2. The summed E-state index contributed by atoms with van der Waals surface area (Å²) in [6, 6.07) is 6.36. The lowest BCUT2D eigenvalue weighted by atomic mass is 10.2. The molecule has 1 aromatic carbocycles. The van der Waals surface area contributed by atoms with Gasteiger partial charge in [-0.15, -0.1) is 20.8 Å². The predicted octanol–water partition coefficient (Wildman–Crippen LogP) is 0.701. The molecule has 12 heteroatoms. The number of benzene rings is 1. The Morgan fingerprint density at radius 3 is 2.78 bits per heavy atom. The number of nitrogens with two attached hydrogens (primary N) is 1. The van der Waals surface area contributed by atoms with Gasteiger partial charge in [0.05, 0.1) is 6.54 Å². The molecule has 124 valence electrons. The maximum absolute atomic E-state index is 12.0. The van der Waals surface area contributed by atoms with Crippen molar-refractivity contribution in [2.45, 2.75) is 4.21 Å². The number of carbonyl (C=O) groups excluding carboxylic acids is 1. The van der Waals surface area contributed by atoms with Crippen LogP contribution in [0.15, 0.2) is 28.5 Å². The van der Waals surface area contributed by atoms with E-state index >= 15 is 0 Å². The van der Waals surface area contributed by atoms with Crippen LogP contribution in [0.1, 0.15) is 0 Å². The minimum atomic E-state index is -3.86.